The van der Waals surface area contributed by atoms with Crippen LogP contribution < -0.4 is 10.0 Å². The van der Waals surface area contributed by atoms with E-state index in [-0.39, 0.29) is 16.6 Å². The van der Waals surface area contributed by atoms with Gasteiger partial charge >= 0.3 is 0 Å². The number of nitrogens with zero attached hydrogens (tertiary/aromatic N) is 1. The summed E-state index contributed by atoms with van der Waals surface area (Å²) in [5, 5.41) is 2.72. The Morgan fingerprint density at radius 2 is 1.96 bits per heavy atom. The molecule has 0 radical (unpaired) electrons. The van der Waals surface area contributed by atoms with Crippen molar-refractivity contribution in [1.82, 2.24) is 4.98 Å². The molecular weight excluding hydrogens is 330 g/mol. The molecule has 1 aliphatic heterocycles. The highest BCUT2D eigenvalue weighted by Crippen LogP contribution is 2.19. The van der Waals surface area contributed by atoms with Crippen molar-refractivity contribution in [3.8, 4) is 0 Å². The third kappa shape index (κ3) is 3.90. The van der Waals surface area contributed by atoms with Gasteiger partial charge in [-0.1, -0.05) is 6.07 Å². The Bertz CT molecular complexity index is 801. The van der Waals surface area contributed by atoms with E-state index >= 15 is 0 Å². The number of carbonyl (C=O) groups is 1. The van der Waals surface area contributed by atoms with Gasteiger partial charge in [0.25, 0.3) is 15.9 Å². The molecule has 1 aromatic carbocycles. The number of benzene rings is 1. The van der Waals surface area contributed by atoms with E-state index in [1.54, 1.807) is 30.3 Å². The molecule has 0 bridgehead atoms. The van der Waals surface area contributed by atoms with Crippen LogP contribution in [0.1, 0.15) is 12.8 Å². The topological polar surface area (TPSA) is 97.4 Å². The number of sulfonamides is 1. The van der Waals surface area contributed by atoms with Gasteiger partial charge in [0.15, 0.2) is 0 Å². The monoisotopic (exact) mass is 347 g/mol. The number of hydrogen-bond donors (Lipinski definition) is 2. The highest BCUT2D eigenvalue weighted by atomic mass is 32.2. The lowest BCUT2D eigenvalue weighted by atomic mass is 10.2. The summed E-state index contributed by atoms with van der Waals surface area (Å²) in [5.74, 6) is 0.0305. The van der Waals surface area contributed by atoms with Crippen molar-refractivity contribution in [2.75, 3.05) is 16.6 Å². The molecule has 8 heteroatoms. The zero-order valence-corrected chi connectivity index (χ0v) is 13.6. The molecule has 1 aliphatic rings. The fraction of sp³-hybridized carbons (Fsp3) is 0.250. The van der Waals surface area contributed by atoms with Crippen molar-refractivity contribution < 1.29 is 17.9 Å². The van der Waals surface area contributed by atoms with Gasteiger partial charge in [-0.3, -0.25) is 9.52 Å². The molecule has 7 nitrogen and oxygen atoms in total. The van der Waals surface area contributed by atoms with Gasteiger partial charge in [-0.05, 0) is 49.2 Å². The molecule has 2 aromatic rings. The summed E-state index contributed by atoms with van der Waals surface area (Å²) in [4.78, 5) is 16.0. The fourth-order valence-electron chi connectivity index (χ4n) is 2.34. The number of hydrogen-bond acceptors (Lipinski definition) is 5. The van der Waals surface area contributed by atoms with E-state index in [2.05, 4.69) is 15.0 Å². The Hall–Kier alpha value is -2.45. The molecule has 2 heterocycles. The maximum absolute atomic E-state index is 12.3. The molecule has 1 amide bonds. The van der Waals surface area contributed by atoms with Crippen LogP contribution in [0.4, 0.5) is 11.5 Å². The molecule has 2 N–H and O–H groups in total. The second kappa shape index (κ2) is 6.98. The van der Waals surface area contributed by atoms with E-state index in [9.17, 15) is 13.2 Å². The first kappa shape index (κ1) is 16.4. The zero-order chi connectivity index (χ0) is 17.0. The number of ether oxygens (including phenoxy) is 1. The van der Waals surface area contributed by atoms with Crippen molar-refractivity contribution in [3.05, 3.63) is 48.7 Å². The third-order valence-electron chi connectivity index (χ3n) is 3.56. The highest BCUT2D eigenvalue weighted by Gasteiger charge is 2.23. The van der Waals surface area contributed by atoms with Crippen molar-refractivity contribution in [1.29, 1.82) is 0 Å². The maximum atomic E-state index is 12.3. The minimum absolute atomic E-state index is 0.0864. The third-order valence-corrected chi connectivity index (χ3v) is 4.93. The Balaban J connectivity index is 1.68. The Morgan fingerprint density at radius 1 is 1.17 bits per heavy atom. The van der Waals surface area contributed by atoms with Gasteiger partial charge in [0, 0.05) is 18.5 Å². The van der Waals surface area contributed by atoms with E-state index in [0.29, 0.717) is 18.7 Å². The molecule has 126 valence electrons. The predicted molar refractivity (Wildman–Crippen MR) is 89.1 cm³/mol. The lowest BCUT2D eigenvalue weighted by Crippen LogP contribution is -2.26. The van der Waals surface area contributed by atoms with Gasteiger partial charge in [0.05, 0.1) is 4.90 Å². The van der Waals surface area contributed by atoms with E-state index < -0.39 is 16.1 Å². The Kier molecular flexibility index (Phi) is 4.77. The second-order valence-corrected chi connectivity index (χ2v) is 7.02. The molecule has 0 aliphatic carbocycles. The van der Waals surface area contributed by atoms with Crippen LogP contribution in [0, 0.1) is 0 Å². The van der Waals surface area contributed by atoms with Gasteiger partial charge < -0.3 is 10.1 Å². The minimum atomic E-state index is -3.72. The van der Waals surface area contributed by atoms with Crippen LogP contribution in [-0.2, 0) is 19.6 Å². The number of carbonyl (C=O) groups excluding carboxylic acids is 1. The van der Waals surface area contributed by atoms with E-state index in [4.69, 9.17) is 4.74 Å². The summed E-state index contributed by atoms with van der Waals surface area (Å²) in [6.45, 7) is 0.592. The lowest BCUT2D eigenvalue weighted by molar-refractivity contribution is -0.124. The average Bonchev–Trinajstić information content (AvgIpc) is 3.10. The molecular formula is C16H17N3O4S. The van der Waals surface area contributed by atoms with Gasteiger partial charge in [-0.15, -0.1) is 0 Å². The van der Waals surface area contributed by atoms with E-state index in [1.807, 2.05) is 0 Å². The summed E-state index contributed by atoms with van der Waals surface area (Å²) < 4.78 is 32.3. The number of anilines is 2. The van der Waals surface area contributed by atoms with E-state index in [0.717, 1.165) is 6.42 Å². The second-order valence-electron chi connectivity index (χ2n) is 5.34. The number of nitrogens with one attached hydrogen (secondary N) is 2. The fourth-order valence-corrected chi connectivity index (χ4v) is 3.35. The molecule has 1 fully saturated rings. The molecule has 3 rings (SSSR count). The minimum Gasteiger partial charge on any atom is -0.368 e. The molecule has 1 unspecified atom stereocenters. The zero-order valence-electron chi connectivity index (χ0n) is 12.8. The van der Waals surface area contributed by atoms with Crippen LogP contribution in [0.3, 0.4) is 0 Å². The first-order valence-electron chi connectivity index (χ1n) is 7.51. The smallest absolute Gasteiger partial charge is 0.263 e. The van der Waals surface area contributed by atoms with Crippen LogP contribution in [0.15, 0.2) is 53.6 Å². The summed E-state index contributed by atoms with van der Waals surface area (Å²) in [6, 6.07) is 10.9. The van der Waals surface area contributed by atoms with Crippen LogP contribution in [0.2, 0.25) is 0 Å². The summed E-state index contributed by atoms with van der Waals surface area (Å²) in [5.41, 5.74) is 0.521. The largest absolute Gasteiger partial charge is 0.368 e. The van der Waals surface area contributed by atoms with Gasteiger partial charge in [-0.2, -0.15) is 0 Å². The molecule has 0 saturated carbocycles. The van der Waals surface area contributed by atoms with Gasteiger partial charge in [0.1, 0.15) is 11.9 Å². The van der Waals surface area contributed by atoms with Crippen LogP contribution in [-0.4, -0.2) is 32.0 Å². The molecule has 1 saturated heterocycles. The van der Waals surface area contributed by atoms with Gasteiger partial charge in [0.2, 0.25) is 0 Å². The van der Waals surface area contributed by atoms with Crippen molar-refractivity contribution >= 4 is 27.4 Å². The predicted octanol–water partition coefficient (Wildman–Crippen LogP) is 2.00. The molecule has 1 aromatic heterocycles. The average molecular weight is 347 g/mol. The number of aromatic nitrogens is 1. The van der Waals surface area contributed by atoms with E-state index in [1.165, 1.54) is 18.3 Å². The number of amides is 1. The molecule has 24 heavy (non-hydrogen) atoms. The molecule has 1 atom stereocenters. The lowest BCUT2D eigenvalue weighted by Gasteiger charge is -2.11. The maximum Gasteiger partial charge on any atom is 0.263 e. The number of pyridine rings is 1. The SMILES string of the molecule is O=C(Nc1ccc(S(=O)(=O)Nc2ccccn2)cc1)C1CCCO1. The first-order chi connectivity index (χ1) is 11.5. The summed E-state index contributed by atoms with van der Waals surface area (Å²) in [7, 11) is -3.72. The summed E-state index contributed by atoms with van der Waals surface area (Å²) in [6.07, 6.45) is 2.64. The molecule has 0 spiro atoms. The van der Waals surface area contributed by atoms with Crippen LogP contribution >= 0.6 is 0 Å². The van der Waals surface area contributed by atoms with Crippen LogP contribution in [0.5, 0.6) is 0 Å². The normalized spacial score (nSPS) is 17.4. The number of rotatable bonds is 5. The van der Waals surface area contributed by atoms with Crippen molar-refractivity contribution in [2.45, 2.75) is 23.8 Å². The standard InChI is InChI=1S/C16H17N3O4S/c20-16(14-4-3-11-23-14)18-12-6-8-13(9-7-12)24(21,22)19-15-5-1-2-10-17-15/h1-2,5-10,14H,3-4,11H2,(H,17,19)(H,18,20). The first-order valence-corrected chi connectivity index (χ1v) is 8.99. The van der Waals surface area contributed by atoms with Crippen LogP contribution in [0.25, 0.3) is 0 Å². The van der Waals surface area contributed by atoms with Gasteiger partial charge in [-0.25, -0.2) is 13.4 Å². The Morgan fingerprint density at radius 3 is 2.58 bits per heavy atom. The highest BCUT2D eigenvalue weighted by molar-refractivity contribution is 7.92. The Labute approximate surface area is 140 Å². The summed E-state index contributed by atoms with van der Waals surface area (Å²) >= 11 is 0. The van der Waals surface area contributed by atoms with Crippen molar-refractivity contribution in [3.63, 3.8) is 0 Å². The van der Waals surface area contributed by atoms with Crippen molar-refractivity contribution in [2.24, 2.45) is 0 Å². The quantitative estimate of drug-likeness (QED) is 0.862.